The van der Waals surface area contributed by atoms with Gasteiger partial charge in [-0.3, -0.25) is 14.5 Å². The van der Waals surface area contributed by atoms with Crippen LogP contribution < -0.4 is 10.6 Å². The second-order valence-electron chi connectivity index (χ2n) is 11.0. The zero-order valence-electron chi connectivity index (χ0n) is 22.7. The molecule has 39 heavy (non-hydrogen) atoms. The van der Waals surface area contributed by atoms with E-state index in [1.54, 1.807) is 43.8 Å². The van der Waals surface area contributed by atoms with Crippen LogP contribution in [0.15, 0.2) is 66.0 Å². The number of benzene rings is 2. The predicted octanol–water partition coefficient (Wildman–Crippen LogP) is 5.71. The van der Waals surface area contributed by atoms with Gasteiger partial charge in [0.1, 0.15) is 11.6 Å². The number of imidazole rings is 1. The Bertz CT molecular complexity index is 1570. The van der Waals surface area contributed by atoms with Gasteiger partial charge >= 0.3 is 5.69 Å². The molecule has 7 nitrogen and oxygen atoms in total. The average Bonchev–Trinajstić information content (AvgIpc) is 3.08. The van der Waals surface area contributed by atoms with Crippen molar-refractivity contribution in [3.05, 3.63) is 82.5 Å². The highest BCUT2D eigenvalue weighted by Gasteiger charge is 2.25. The third kappa shape index (κ3) is 5.44. The van der Waals surface area contributed by atoms with Crippen LogP contribution in [0.25, 0.3) is 27.9 Å². The molecule has 1 aliphatic heterocycles. The Labute approximate surface area is 232 Å². The van der Waals surface area contributed by atoms with Crippen molar-refractivity contribution in [1.82, 2.24) is 19.0 Å². The van der Waals surface area contributed by atoms with Crippen LogP contribution in [0.4, 0.5) is 10.1 Å². The van der Waals surface area contributed by atoms with Gasteiger partial charge in [-0.25, -0.2) is 9.18 Å². The van der Waals surface area contributed by atoms with E-state index in [4.69, 9.17) is 11.6 Å². The number of nitrogens with zero attached hydrogens (tertiary/aromatic N) is 5. The number of phenols is 1. The highest BCUT2D eigenvalue weighted by molar-refractivity contribution is 6.32. The summed E-state index contributed by atoms with van der Waals surface area (Å²) in [6.45, 7) is 10.4. The summed E-state index contributed by atoms with van der Waals surface area (Å²) in [4.78, 5) is 21.6. The largest absolute Gasteiger partial charge is 0.507 e. The summed E-state index contributed by atoms with van der Waals surface area (Å²) in [6, 6.07) is 9.59. The molecule has 5 rings (SSSR count). The van der Waals surface area contributed by atoms with Gasteiger partial charge in [-0.1, -0.05) is 17.7 Å². The lowest BCUT2D eigenvalue weighted by Crippen LogP contribution is -2.43. The minimum Gasteiger partial charge on any atom is -0.507 e. The molecule has 0 atom stereocenters. The maximum atomic E-state index is 14.9. The highest BCUT2D eigenvalue weighted by atomic mass is 35.5. The van der Waals surface area contributed by atoms with E-state index in [-0.39, 0.29) is 17.0 Å². The second kappa shape index (κ2) is 10.5. The van der Waals surface area contributed by atoms with E-state index < -0.39 is 5.82 Å². The fourth-order valence-electron chi connectivity index (χ4n) is 5.15. The number of anilines is 1. The van der Waals surface area contributed by atoms with Gasteiger partial charge in [-0.2, -0.15) is 0 Å². The lowest BCUT2D eigenvalue weighted by molar-refractivity contribution is 0.148. The number of hydrogen-bond donors (Lipinski definition) is 1. The number of pyridine rings is 1. The molecule has 1 aliphatic rings. The lowest BCUT2D eigenvalue weighted by atomic mass is 9.97. The third-order valence-electron chi connectivity index (χ3n) is 7.38. The predicted molar refractivity (Wildman–Crippen MR) is 154 cm³/mol. The first-order valence-corrected chi connectivity index (χ1v) is 13.4. The SMILES string of the molecule is Cn1ccn(-c2ccc(-c3cc(F)cc(-c4cncc(N5CCCN(C(C)(C)C)CC5)c4)c3O)cc2Cl)c1=O. The van der Waals surface area contributed by atoms with Crippen LogP contribution in [0.5, 0.6) is 5.75 Å². The van der Waals surface area contributed by atoms with Gasteiger partial charge in [0.15, 0.2) is 0 Å². The number of phenolic OH excluding ortho intramolecular Hbond substituents is 1. The fourth-order valence-corrected chi connectivity index (χ4v) is 5.42. The Morgan fingerprint density at radius 1 is 0.949 bits per heavy atom. The Balaban J connectivity index is 1.48. The van der Waals surface area contributed by atoms with E-state index in [2.05, 4.69) is 35.6 Å². The van der Waals surface area contributed by atoms with Crippen LogP contribution in [0.3, 0.4) is 0 Å². The normalized spacial score (nSPS) is 15.0. The molecule has 2 aromatic carbocycles. The first-order chi connectivity index (χ1) is 18.5. The summed E-state index contributed by atoms with van der Waals surface area (Å²) in [7, 11) is 1.66. The number of aromatic nitrogens is 3. The second-order valence-corrected chi connectivity index (χ2v) is 11.4. The molecule has 204 valence electrons. The van der Waals surface area contributed by atoms with Crippen molar-refractivity contribution < 1.29 is 9.50 Å². The summed E-state index contributed by atoms with van der Waals surface area (Å²) in [5, 5.41) is 11.6. The number of rotatable bonds is 4. The van der Waals surface area contributed by atoms with Crippen LogP contribution >= 0.6 is 11.6 Å². The van der Waals surface area contributed by atoms with Crippen molar-refractivity contribution in [2.75, 3.05) is 31.1 Å². The van der Waals surface area contributed by atoms with E-state index in [9.17, 15) is 14.3 Å². The molecule has 2 aromatic heterocycles. The summed E-state index contributed by atoms with van der Waals surface area (Å²) in [5.41, 5.74) is 3.13. The van der Waals surface area contributed by atoms with Crippen molar-refractivity contribution in [2.45, 2.75) is 32.7 Å². The van der Waals surface area contributed by atoms with E-state index in [0.717, 1.165) is 38.3 Å². The monoisotopic (exact) mass is 549 g/mol. The van der Waals surface area contributed by atoms with Crippen LogP contribution in [-0.4, -0.2) is 55.8 Å². The average molecular weight is 550 g/mol. The molecule has 1 fully saturated rings. The van der Waals surface area contributed by atoms with E-state index >= 15 is 0 Å². The molecule has 0 amide bonds. The molecule has 3 heterocycles. The van der Waals surface area contributed by atoms with Crippen molar-refractivity contribution in [2.24, 2.45) is 7.05 Å². The Morgan fingerprint density at radius 2 is 1.69 bits per heavy atom. The Hall–Kier alpha value is -3.62. The molecule has 0 spiro atoms. The van der Waals surface area contributed by atoms with E-state index in [1.807, 2.05) is 12.3 Å². The summed E-state index contributed by atoms with van der Waals surface area (Å²) >= 11 is 6.54. The summed E-state index contributed by atoms with van der Waals surface area (Å²) in [6.07, 6.45) is 7.76. The minimum atomic E-state index is -0.488. The number of aromatic hydroxyl groups is 1. The van der Waals surface area contributed by atoms with Crippen molar-refractivity contribution in [3.8, 4) is 33.7 Å². The molecule has 1 saturated heterocycles. The minimum absolute atomic E-state index is 0.0641. The van der Waals surface area contributed by atoms with Crippen LogP contribution in [0.1, 0.15) is 27.2 Å². The highest BCUT2D eigenvalue weighted by Crippen LogP contribution is 2.41. The number of hydrogen-bond acceptors (Lipinski definition) is 5. The smallest absolute Gasteiger partial charge is 0.332 e. The molecule has 0 saturated carbocycles. The van der Waals surface area contributed by atoms with Crippen LogP contribution in [-0.2, 0) is 7.05 Å². The van der Waals surface area contributed by atoms with Crippen molar-refractivity contribution >= 4 is 17.3 Å². The molecule has 1 N–H and O–H groups in total. The summed E-state index contributed by atoms with van der Waals surface area (Å²) < 4.78 is 17.8. The molecular weight excluding hydrogens is 517 g/mol. The molecule has 0 aliphatic carbocycles. The topological polar surface area (TPSA) is 66.5 Å². The van der Waals surface area contributed by atoms with Crippen molar-refractivity contribution in [1.29, 1.82) is 0 Å². The van der Waals surface area contributed by atoms with Gasteiger partial charge in [0.25, 0.3) is 0 Å². The van der Waals surface area contributed by atoms with Gasteiger partial charge in [0, 0.05) is 74.0 Å². The Kier molecular flexibility index (Phi) is 7.27. The zero-order chi connectivity index (χ0) is 27.9. The van der Waals surface area contributed by atoms with Gasteiger partial charge in [0.05, 0.1) is 22.6 Å². The first-order valence-electron chi connectivity index (χ1n) is 13.0. The fraction of sp³-hybridized carbons (Fsp3) is 0.333. The van der Waals surface area contributed by atoms with Gasteiger partial charge < -0.3 is 14.6 Å². The quantitative estimate of drug-likeness (QED) is 0.353. The number of halogens is 2. The standard InChI is InChI=1S/C30H33ClFN5O2/c1-30(2,3)36-9-5-8-35(11-12-36)23-14-21(18-33-19-23)25-17-22(32)16-24(28(25)38)20-6-7-27(26(31)15-20)37-13-10-34(4)29(37)39/h6-7,10,13-19,38H,5,8-9,11-12H2,1-4H3. The van der Waals surface area contributed by atoms with Crippen LogP contribution in [0, 0.1) is 5.82 Å². The number of aryl methyl sites for hydroxylation is 1. The lowest BCUT2D eigenvalue weighted by Gasteiger charge is -2.34. The molecular formula is C30H33ClFN5O2. The molecule has 0 unspecified atom stereocenters. The maximum Gasteiger partial charge on any atom is 0.332 e. The van der Waals surface area contributed by atoms with Crippen molar-refractivity contribution in [3.63, 3.8) is 0 Å². The van der Waals surface area contributed by atoms with E-state index in [0.29, 0.717) is 33.0 Å². The zero-order valence-corrected chi connectivity index (χ0v) is 23.4. The molecule has 0 radical (unpaired) electrons. The Morgan fingerprint density at radius 3 is 2.36 bits per heavy atom. The first kappa shape index (κ1) is 27.0. The van der Waals surface area contributed by atoms with Crippen LogP contribution in [0.2, 0.25) is 5.02 Å². The third-order valence-corrected chi connectivity index (χ3v) is 7.69. The van der Waals surface area contributed by atoms with Gasteiger partial charge in [-0.15, -0.1) is 0 Å². The van der Waals surface area contributed by atoms with Gasteiger partial charge in [-0.05, 0) is 63.1 Å². The summed E-state index contributed by atoms with van der Waals surface area (Å²) in [5.74, 6) is -0.552. The van der Waals surface area contributed by atoms with E-state index in [1.165, 1.54) is 21.3 Å². The molecule has 0 bridgehead atoms. The van der Waals surface area contributed by atoms with Gasteiger partial charge in [0.2, 0.25) is 0 Å². The molecule has 4 aromatic rings. The molecule has 9 heteroatoms. The maximum absolute atomic E-state index is 14.9.